The third-order valence-electron chi connectivity index (χ3n) is 2.25. The van der Waals surface area contributed by atoms with Crippen molar-refractivity contribution in [3.05, 3.63) is 32.8 Å². The van der Waals surface area contributed by atoms with Gasteiger partial charge in [0.25, 0.3) is 0 Å². The molecule has 13 heavy (non-hydrogen) atoms. The first-order chi connectivity index (χ1) is 6.09. The van der Waals surface area contributed by atoms with Crippen LogP contribution in [0.4, 0.5) is 0 Å². The van der Waals surface area contributed by atoms with Crippen LogP contribution in [0.15, 0.2) is 12.1 Å². The van der Waals surface area contributed by atoms with Crippen LogP contribution in [0.3, 0.4) is 0 Å². The zero-order valence-corrected chi connectivity index (χ0v) is 9.00. The molecule has 0 spiro atoms. The average Bonchev–Trinajstić information content (AvgIpc) is 2.64. The van der Waals surface area contributed by atoms with Gasteiger partial charge in [0.2, 0.25) is 0 Å². The molecule has 0 radical (unpaired) electrons. The van der Waals surface area contributed by atoms with Crippen LogP contribution in [0.25, 0.3) is 0 Å². The van der Waals surface area contributed by atoms with Gasteiger partial charge in [-0.25, -0.2) is 0 Å². The lowest BCUT2D eigenvalue weighted by Gasteiger charge is -2.05. The van der Waals surface area contributed by atoms with Gasteiger partial charge in [0.1, 0.15) is 0 Å². The third kappa shape index (κ3) is 1.79. The number of hydrogen-bond acceptors (Lipinski definition) is 1. The molecule has 2 N–H and O–H groups in total. The van der Waals surface area contributed by atoms with Crippen LogP contribution in [0.5, 0.6) is 0 Å². The fourth-order valence-electron chi connectivity index (χ4n) is 1.45. The Hall–Kier alpha value is 0.0500. The Morgan fingerprint density at radius 3 is 2.00 bits per heavy atom. The second-order valence-corrected chi connectivity index (χ2v) is 4.54. The van der Waals surface area contributed by atoms with E-state index in [2.05, 4.69) is 0 Å². The molecule has 2 rings (SSSR count). The highest BCUT2D eigenvalue weighted by molar-refractivity contribution is 6.39. The molecule has 70 valence electrons. The Morgan fingerprint density at radius 1 is 1.15 bits per heavy atom. The summed E-state index contributed by atoms with van der Waals surface area (Å²) >= 11 is 17.8. The Labute approximate surface area is 91.8 Å². The van der Waals surface area contributed by atoms with Gasteiger partial charge in [-0.05, 0) is 24.1 Å². The lowest BCUT2D eigenvalue weighted by molar-refractivity contribution is 0.991. The van der Waals surface area contributed by atoms with Gasteiger partial charge in [0.05, 0.1) is 0 Å². The van der Waals surface area contributed by atoms with Crippen molar-refractivity contribution >= 4 is 34.8 Å². The number of benzene rings is 1. The maximum absolute atomic E-state index is 6.01. The molecule has 1 fully saturated rings. The molecular formula is C9H8Cl3N. The Bertz CT molecular complexity index is 328. The second-order valence-electron chi connectivity index (χ2n) is 3.29. The van der Waals surface area contributed by atoms with E-state index < -0.39 is 0 Å². The number of nitrogens with two attached hydrogens (primary N) is 1. The topological polar surface area (TPSA) is 26.0 Å². The smallest absolute Gasteiger partial charge is 0.0471 e. The molecule has 1 aliphatic carbocycles. The molecule has 2 atom stereocenters. The van der Waals surface area contributed by atoms with Gasteiger partial charge in [0, 0.05) is 27.0 Å². The molecular weight excluding hydrogens is 228 g/mol. The van der Waals surface area contributed by atoms with Gasteiger partial charge in [-0.15, -0.1) is 0 Å². The highest BCUT2D eigenvalue weighted by Gasteiger charge is 2.37. The van der Waals surface area contributed by atoms with E-state index in [9.17, 15) is 0 Å². The van der Waals surface area contributed by atoms with Crippen LogP contribution in [0, 0.1) is 0 Å². The lowest BCUT2D eigenvalue weighted by Crippen LogP contribution is -2.01. The van der Waals surface area contributed by atoms with E-state index in [-0.39, 0.29) is 6.04 Å². The van der Waals surface area contributed by atoms with Crippen molar-refractivity contribution in [1.82, 2.24) is 0 Å². The van der Waals surface area contributed by atoms with Crippen molar-refractivity contribution in [3.8, 4) is 0 Å². The molecule has 1 nitrogen and oxygen atoms in total. The van der Waals surface area contributed by atoms with Crippen LogP contribution in [-0.2, 0) is 0 Å². The maximum atomic E-state index is 6.01. The van der Waals surface area contributed by atoms with Crippen molar-refractivity contribution in [3.63, 3.8) is 0 Å². The van der Waals surface area contributed by atoms with Crippen molar-refractivity contribution < 1.29 is 0 Å². The van der Waals surface area contributed by atoms with Gasteiger partial charge < -0.3 is 5.73 Å². The molecule has 1 aliphatic rings. The quantitative estimate of drug-likeness (QED) is 0.794. The van der Waals surface area contributed by atoms with Crippen LogP contribution < -0.4 is 5.73 Å². The fourth-order valence-corrected chi connectivity index (χ4v) is 2.55. The third-order valence-corrected chi connectivity index (χ3v) is 3.10. The van der Waals surface area contributed by atoms with Crippen LogP contribution in [0.2, 0.25) is 15.1 Å². The predicted octanol–water partition coefficient (Wildman–Crippen LogP) is 3.46. The highest BCUT2D eigenvalue weighted by Crippen LogP contribution is 2.46. The first kappa shape index (κ1) is 9.60. The molecule has 1 aromatic carbocycles. The van der Waals surface area contributed by atoms with E-state index in [4.69, 9.17) is 40.5 Å². The largest absolute Gasteiger partial charge is 0.327 e. The number of hydrogen-bond donors (Lipinski definition) is 1. The zero-order chi connectivity index (χ0) is 9.59. The summed E-state index contributed by atoms with van der Waals surface area (Å²) < 4.78 is 0. The lowest BCUT2D eigenvalue weighted by atomic mass is 10.1. The summed E-state index contributed by atoms with van der Waals surface area (Å²) in [5.41, 5.74) is 6.67. The molecule has 0 bridgehead atoms. The van der Waals surface area contributed by atoms with Crippen LogP contribution in [0.1, 0.15) is 17.9 Å². The fraction of sp³-hybridized carbons (Fsp3) is 0.333. The Balaban J connectivity index is 2.45. The molecule has 0 aromatic heterocycles. The normalized spacial score (nSPS) is 26.2. The molecule has 2 unspecified atom stereocenters. The molecule has 1 aromatic rings. The Morgan fingerprint density at radius 2 is 1.62 bits per heavy atom. The summed E-state index contributed by atoms with van der Waals surface area (Å²) in [4.78, 5) is 0. The monoisotopic (exact) mass is 235 g/mol. The molecule has 1 saturated carbocycles. The van der Waals surface area contributed by atoms with Gasteiger partial charge in [-0.1, -0.05) is 34.8 Å². The van der Waals surface area contributed by atoms with E-state index >= 15 is 0 Å². The number of rotatable bonds is 1. The summed E-state index contributed by atoms with van der Waals surface area (Å²) in [6.45, 7) is 0. The van der Waals surface area contributed by atoms with Crippen LogP contribution >= 0.6 is 34.8 Å². The molecule has 0 saturated heterocycles. The minimum absolute atomic E-state index is 0.205. The van der Waals surface area contributed by atoms with E-state index in [0.29, 0.717) is 21.0 Å². The van der Waals surface area contributed by atoms with Gasteiger partial charge in [0.15, 0.2) is 0 Å². The van der Waals surface area contributed by atoms with E-state index in [1.165, 1.54) is 0 Å². The summed E-state index contributed by atoms with van der Waals surface area (Å²) in [6.07, 6.45) is 0.959. The zero-order valence-electron chi connectivity index (χ0n) is 6.73. The summed E-state index contributed by atoms with van der Waals surface area (Å²) in [5.74, 6) is 0.317. The predicted molar refractivity (Wildman–Crippen MR) is 56.8 cm³/mol. The summed E-state index contributed by atoms with van der Waals surface area (Å²) in [7, 11) is 0. The Kier molecular flexibility index (Phi) is 2.45. The minimum atomic E-state index is 0.205. The second kappa shape index (κ2) is 3.32. The average molecular weight is 237 g/mol. The summed E-state index contributed by atoms with van der Waals surface area (Å²) in [5, 5.41) is 1.80. The van der Waals surface area contributed by atoms with Gasteiger partial charge in [-0.3, -0.25) is 0 Å². The van der Waals surface area contributed by atoms with E-state index in [0.717, 1.165) is 12.0 Å². The number of halogens is 3. The van der Waals surface area contributed by atoms with Crippen molar-refractivity contribution in [2.45, 2.75) is 18.4 Å². The first-order valence-electron chi connectivity index (χ1n) is 3.99. The van der Waals surface area contributed by atoms with Gasteiger partial charge >= 0.3 is 0 Å². The SMILES string of the molecule is NC1CC1c1c(Cl)cc(Cl)cc1Cl. The van der Waals surface area contributed by atoms with Crippen molar-refractivity contribution in [1.29, 1.82) is 0 Å². The first-order valence-corrected chi connectivity index (χ1v) is 5.13. The highest BCUT2D eigenvalue weighted by atomic mass is 35.5. The molecule has 0 amide bonds. The minimum Gasteiger partial charge on any atom is -0.327 e. The summed E-state index contributed by atoms with van der Waals surface area (Å²) in [6, 6.07) is 3.61. The molecule has 4 heteroatoms. The standard InChI is InChI=1S/C9H8Cl3N/c10-4-1-6(11)9(7(12)2-4)5-3-8(5)13/h1-2,5,8H,3,13H2. The maximum Gasteiger partial charge on any atom is 0.0471 e. The van der Waals surface area contributed by atoms with E-state index in [1.54, 1.807) is 12.1 Å². The molecule has 0 heterocycles. The van der Waals surface area contributed by atoms with Gasteiger partial charge in [-0.2, -0.15) is 0 Å². The van der Waals surface area contributed by atoms with Crippen molar-refractivity contribution in [2.75, 3.05) is 0 Å². The van der Waals surface area contributed by atoms with E-state index in [1.807, 2.05) is 0 Å². The molecule has 0 aliphatic heterocycles. The van der Waals surface area contributed by atoms with Crippen LogP contribution in [-0.4, -0.2) is 6.04 Å². The van der Waals surface area contributed by atoms with Crippen molar-refractivity contribution in [2.24, 2.45) is 5.73 Å².